The molecule has 0 radical (unpaired) electrons. The first-order chi connectivity index (χ1) is 9.65. The number of rotatable bonds is 3. The van der Waals surface area contributed by atoms with Gasteiger partial charge in [-0.25, -0.2) is 4.98 Å². The van der Waals surface area contributed by atoms with Crippen molar-refractivity contribution in [2.75, 3.05) is 5.32 Å². The zero-order chi connectivity index (χ0) is 14.1. The maximum atomic E-state index is 6.30. The van der Waals surface area contributed by atoms with Gasteiger partial charge in [0, 0.05) is 6.54 Å². The topological polar surface area (TPSA) is 24.9 Å². The van der Waals surface area contributed by atoms with Gasteiger partial charge in [0.1, 0.15) is 5.52 Å². The van der Waals surface area contributed by atoms with Crippen molar-refractivity contribution in [3.05, 3.63) is 57.6 Å². The summed E-state index contributed by atoms with van der Waals surface area (Å²) in [5, 5.41) is 4.16. The standard InChI is InChI=1S/C16H15ClN2S/c1-10-3-4-11(2)12(7-10)8-18-15-13(17)5-6-14-16(15)19-9-20-14/h3-7,9,18H,8H2,1-2H3. The van der Waals surface area contributed by atoms with Gasteiger partial charge < -0.3 is 5.32 Å². The van der Waals surface area contributed by atoms with Crippen LogP contribution in [0.15, 0.2) is 35.8 Å². The molecular formula is C16H15ClN2S. The van der Waals surface area contributed by atoms with Gasteiger partial charge in [0.25, 0.3) is 0 Å². The van der Waals surface area contributed by atoms with Gasteiger partial charge in [-0.15, -0.1) is 11.3 Å². The number of hydrogen-bond donors (Lipinski definition) is 1. The smallest absolute Gasteiger partial charge is 0.106 e. The number of benzene rings is 2. The number of hydrogen-bond acceptors (Lipinski definition) is 3. The fraction of sp³-hybridized carbons (Fsp3) is 0.188. The first kappa shape index (κ1) is 13.4. The summed E-state index contributed by atoms with van der Waals surface area (Å²) < 4.78 is 1.15. The largest absolute Gasteiger partial charge is 0.378 e. The van der Waals surface area contributed by atoms with E-state index in [-0.39, 0.29) is 0 Å². The summed E-state index contributed by atoms with van der Waals surface area (Å²) >= 11 is 7.93. The molecule has 0 aliphatic carbocycles. The number of anilines is 1. The molecule has 102 valence electrons. The van der Waals surface area contributed by atoms with Gasteiger partial charge in [0.05, 0.1) is 20.9 Å². The number of thiazole rings is 1. The van der Waals surface area contributed by atoms with Crippen LogP contribution in [0.3, 0.4) is 0 Å². The SMILES string of the molecule is Cc1ccc(C)c(CNc2c(Cl)ccc3scnc23)c1. The number of nitrogens with one attached hydrogen (secondary N) is 1. The van der Waals surface area contributed by atoms with Crippen molar-refractivity contribution < 1.29 is 0 Å². The molecule has 1 heterocycles. The highest BCUT2D eigenvalue weighted by molar-refractivity contribution is 7.16. The van der Waals surface area contributed by atoms with E-state index in [1.54, 1.807) is 11.3 Å². The number of aromatic nitrogens is 1. The lowest BCUT2D eigenvalue weighted by molar-refractivity contribution is 1.11. The molecule has 2 aromatic carbocycles. The summed E-state index contributed by atoms with van der Waals surface area (Å²) in [6.45, 7) is 4.99. The van der Waals surface area contributed by atoms with Crippen LogP contribution in [-0.4, -0.2) is 4.98 Å². The van der Waals surface area contributed by atoms with E-state index in [4.69, 9.17) is 11.6 Å². The van der Waals surface area contributed by atoms with Crippen molar-refractivity contribution in [2.45, 2.75) is 20.4 Å². The number of aryl methyl sites for hydroxylation is 2. The van der Waals surface area contributed by atoms with E-state index < -0.39 is 0 Å². The van der Waals surface area contributed by atoms with Crippen molar-refractivity contribution in [3.8, 4) is 0 Å². The third kappa shape index (κ3) is 2.51. The Balaban J connectivity index is 1.92. The molecular weight excluding hydrogens is 288 g/mol. The lowest BCUT2D eigenvalue weighted by Gasteiger charge is -2.12. The van der Waals surface area contributed by atoms with Crippen LogP contribution in [0.1, 0.15) is 16.7 Å². The molecule has 0 atom stereocenters. The highest BCUT2D eigenvalue weighted by Gasteiger charge is 2.09. The summed E-state index contributed by atoms with van der Waals surface area (Å²) in [6, 6.07) is 10.4. The monoisotopic (exact) mass is 302 g/mol. The van der Waals surface area contributed by atoms with Crippen molar-refractivity contribution in [1.29, 1.82) is 0 Å². The second kappa shape index (κ2) is 5.43. The van der Waals surface area contributed by atoms with Gasteiger partial charge >= 0.3 is 0 Å². The van der Waals surface area contributed by atoms with Crippen molar-refractivity contribution >= 4 is 38.8 Å². The molecule has 0 spiro atoms. The second-order valence-corrected chi connectivity index (χ2v) is 6.20. The van der Waals surface area contributed by atoms with Crippen LogP contribution in [0.5, 0.6) is 0 Å². The maximum absolute atomic E-state index is 6.30. The minimum absolute atomic E-state index is 0.716. The Kier molecular flexibility index (Phi) is 3.64. The number of halogens is 1. The summed E-state index contributed by atoms with van der Waals surface area (Å²) in [5.41, 5.74) is 7.56. The van der Waals surface area contributed by atoms with Crippen LogP contribution in [0.25, 0.3) is 10.2 Å². The average Bonchev–Trinajstić information content (AvgIpc) is 2.90. The van der Waals surface area contributed by atoms with Crippen LogP contribution < -0.4 is 5.32 Å². The van der Waals surface area contributed by atoms with Crippen LogP contribution in [-0.2, 0) is 6.54 Å². The lowest BCUT2D eigenvalue weighted by atomic mass is 10.1. The Hall–Kier alpha value is -1.58. The van der Waals surface area contributed by atoms with E-state index in [9.17, 15) is 0 Å². The minimum atomic E-state index is 0.716. The maximum Gasteiger partial charge on any atom is 0.106 e. The molecule has 0 bridgehead atoms. The Labute approximate surface area is 127 Å². The number of fused-ring (bicyclic) bond motifs is 1. The molecule has 0 unspecified atom stereocenters. The predicted octanol–water partition coefficient (Wildman–Crippen LogP) is 5.18. The van der Waals surface area contributed by atoms with Gasteiger partial charge in [-0.3, -0.25) is 0 Å². The molecule has 0 aliphatic heterocycles. The van der Waals surface area contributed by atoms with Gasteiger partial charge in [-0.05, 0) is 37.1 Å². The van der Waals surface area contributed by atoms with Crippen molar-refractivity contribution in [3.63, 3.8) is 0 Å². The van der Waals surface area contributed by atoms with Gasteiger partial charge in [0.2, 0.25) is 0 Å². The highest BCUT2D eigenvalue weighted by Crippen LogP contribution is 2.32. The van der Waals surface area contributed by atoms with E-state index in [2.05, 4.69) is 42.3 Å². The van der Waals surface area contributed by atoms with E-state index in [0.717, 1.165) is 22.4 Å². The summed E-state index contributed by atoms with van der Waals surface area (Å²) in [4.78, 5) is 4.40. The quantitative estimate of drug-likeness (QED) is 0.721. The second-order valence-electron chi connectivity index (χ2n) is 4.90. The first-order valence-corrected chi connectivity index (χ1v) is 7.72. The third-order valence-electron chi connectivity index (χ3n) is 3.41. The zero-order valence-electron chi connectivity index (χ0n) is 11.4. The average molecular weight is 303 g/mol. The van der Waals surface area contributed by atoms with E-state index >= 15 is 0 Å². The van der Waals surface area contributed by atoms with Crippen LogP contribution >= 0.6 is 22.9 Å². The molecule has 20 heavy (non-hydrogen) atoms. The van der Waals surface area contributed by atoms with Gasteiger partial charge in [0.15, 0.2) is 0 Å². The van der Waals surface area contributed by atoms with Crippen molar-refractivity contribution in [2.24, 2.45) is 0 Å². The fourth-order valence-electron chi connectivity index (χ4n) is 2.25. The normalized spacial score (nSPS) is 10.9. The first-order valence-electron chi connectivity index (χ1n) is 6.47. The fourth-order valence-corrected chi connectivity index (χ4v) is 3.15. The molecule has 1 N–H and O–H groups in total. The van der Waals surface area contributed by atoms with Crippen LogP contribution in [0.4, 0.5) is 5.69 Å². The zero-order valence-corrected chi connectivity index (χ0v) is 13.0. The van der Waals surface area contributed by atoms with Crippen molar-refractivity contribution in [1.82, 2.24) is 4.98 Å². The highest BCUT2D eigenvalue weighted by atomic mass is 35.5. The summed E-state index contributed by atoms with van der Waals surface area (Å²) in [7, 11) is 0. The number of nitrogens with zero attached hydrogens (tertiary/aromatic N) is 1. The lowest BCUT2D eigenvalue weighted by Crippen LogP contribution is -2.02. The summed E-state index contributed by atoms with van der Waals surface area (Å²) in [5.74, 6) is 0. The third-order valence-corrected chi connectivity index (χ3v) is 4.52. The molecule has 0 fully saturated rings. The Morgan fingerprint density at radius 1 is 1.20 bits per heavy atom. The predicted molar refractivity (Wildman–Crippen MR) is 87.9 cm³/mol. The Morgan fingerprint density at radius 2 is 2.05 bits per heavy atom. The van der Waals surface area contributed by atoms with E-state index in [1.165, 1.54) is 16.7 Å². The molecule has 0 saturated heterocycles. The van der Waals surface area contributed by atoms with Gasteiger partial charge in [-0.2, -0.15) is 0 Å². The molecule has 3 aromatic rings. The Morgan fingerprint density at radius 3 is 2.90 bits per heavy atom. The van der Waals surface area contributed by atoms with E-state index in [0.29, 0.717) is 5.02 Å². The summed E-state index contributed by atoms with van der Waals surface area (Å²) in [6.07, 6.45) is 0. The molecule has 0 aliphatic rings. The molecule has 1 aromatic heterocycles. The van der Waals surface area contributed by atoms with E-state index in [1.807, 2.05) is 17.6 Å². The molecule has 0 saturated carbocycles. The molecule has 0 amide bonds. The van der Waals surface area contributed by atoms with Crippen LogP contribution in [0.2, 0.25) is 5.02 Å². The molecule has 3 rings (SSSR count). The minimum Gasteiger partial charge on any atom is -0.378 e. The molecule has 4 heteroatoms. The van der Waals surface area contributed by atoms with Gasteiger partial charge in [-0.1, -0.05) is 35.4 Å². The van der Waals surface area contributed by atoms with Crippen LogP contribution in [0, 0.1) is 13.8 Å². The molecule has 2 nitrogen and oxygen atoms in total. The Bertz CT molecular complexity index is 764.